The molecule has 1 amide bonds. The molecule has 1 aromatic carbocycles. The average Bonchev–Trinajstić information content (AvgIpc) is 2.36. The first-order chi connectivity index (χ1) is 8.58. The summed E-state index contributed by atoms with van der Waals surface area (Å²) in [5.41, 5.74) is -0.0390. The molecule has 0 bridgehead atoms. The molecule has 0 aliphatic carbocycles. The van der Waals surface area contributed by atoms with Crippen LogP contribution in [0.5, 0.6) is 5.75 Å². The standard InChI is InChI=1S/C11H15N3O4/c1-3-12-7-11(15)13-9-5-4-8(18-2)6-10(9)14(16)17/h4-6,12H,3,7H2,1-2H3,(H,13,15). The van der Waals surface area contributed by atoms with Crippen molar-refractivity contribution in [1.29, 1.82) is 0 Å². The number of nitro benzene ring substituents is 1. The Bertz CT molecular complexity index is 448. The van der Waals surface area contributed by atoms with Crippen molar-refractivity contribution >= 4 is 17.3 Å². The number of amides is 1. The highest BCUT2D eigenvalue weighted by molar-refractivity contribution is 5.94. The van der Waals surface area contributed by atoms with Crippen LogP contribution >= 0.6 is 0 Å². The number of methoxy groups -OCH3 is 1. The van der Waals surface area contributed by atoms with Gasteiger partial charge < -0.3 is 15.4 Å². The van der Waals surface area contributed by atoms with Crippen LogP contribution in [0.25, 0.3) is 0 Å². The fraction of sp³-hybridized carbons (Fsp3) is 0.364. The molecule has 0 radical (unpaired) electrons. The minimum Gasteiger partial charge on any atom is -0.496 e. The second kappa shape index (κ2) is 6.55. The summed E-state index contributed by atoms with van der Waals surface area (Å²) in [4.78, 5) is 21.8. The second-order valence-electron chi connectivity index (χ2n) is 3.47. The Morgan fingerprint density at radius 2 is 2.22 bits per heavy atom. The van der Waals surface area contributed by atoms with Crippen LogP contribution in [0.1, 0.15) is 6.92 Å². The zero-order valence-corrected chi connectivity index (χ0v) is 10.2. The van der Waals surface area contributed by atoms with Crippen LogP contribution in [0.2, 0.25) is 0 Å². The molecular weight excluding hydrogens is 238 g/mol. The lowest BCUT2D eigenvalue weighted by Crippen LogP contribution is -2.28. The predicted octanol–water partition coefficient (Wildman–Crippen LogP) is 1.15. The van der Waals surface area contributed by atoms with E-state index in [2.05, 4.69) is 10.6 Å². The quantitative estimate of drug-likeness (QED) is 0.586. The lowest BCUT2D eigenvalue weighted by molar-refractivity contribution is -0.384. The van der Waals surface area contributed by atoms with Gasteiger partial charge in [-0.15, -0.1) is 0 Å². The Balaban J connectivity index is 2.87. The number of nitrogens with one attached hydrogen (secondary N) is 2. The molecular formula is C11H15N3O4. The largest absolute Gasteiger partial charge is 0.496 e. The summed E-state index contributed by atoms with van der Waals surface area (Å²) in [7, 11) is 1.42. The van der Waals surface area contributed by atoms with Gasteiger partial charge in [-0.05, 0) is 18.7 Å². The number of likely N-dealkylation sites (N-methyl/N-ethyl adjacent to an activating group) is 1. The van der Waals surface area contributed by atoms with Crippen molar-refractivity contribution in [2.45, 2.75) is 6.92 Å². The molecule has 1 aromatic rings. The van der Waals surface area contributed by atoms with Crippen molar-refractivity contribution in [2.75, 3.05) is 25.5 Å². The van der Waals surface area contributed by atoms with Crippen molar-refractivity contribution in [3.05, 3.63) is 28.3 Å². The first-order valence-electron chi connectivity index (χ1n) is 5.41. The predicted molar refractivity (Wildman–Crippen MR) is 66.8 cm³/mol. The van der Waals surface area contributed by atoms with Crippen LogP contribution < -0.4 is 15.4 Å². The molecule has 0 unspecified atom stereocenters. The summed E-state index contributed by atoms with van der Waals surface area (Å²) in [5, 5.41) is 16.2. The monoisotopic (exact) mass is 253 g/mol. The Morgan fingerprint density at radius 3 is 2.78 bits per heavy atom. The van der Waals surface area contributed by atoms with Crippen molar-refractivity contribution in [2.24, 2.45) is 0 Å². The Hall–Kier alpha value is -2.15. The second-order valence-corrected chi connectivity index (χ2v) is 3.47. The van der Waals surface area contributed by atoms with Crippen LogP contribution in [-0.4, -0.2) is 31.0 Å². The van der Waals surface area contributed by atoms with E-state index in [9.17, 15) is 14.9 Å². The molecule has 0 spiro atoms. The molecule has 0 heterocycles. The lowest BCUT2D eigenvalue weighted by Gasteiger charge is -2.07. The molecule has 1 rings (SSSR count). The van der Waals surface area contributed by atoms with Crippen LogP contribution in [-0.2, 0) is 4.79 Å². The number of benzene rings is 1. The van der Waals surface area contributed by atoms with Gasteiger partial charge >= 0.3 is 0 Å². The number of hydrogen-bond acceptors (Lipinski definition) is 5. The lowest BCUT2D eigenvalue weighted by atomic mass is 10.2. The topological polar surface area (TPSA) is 93.5 Å². The molecule has 0 aliphatic rings. The first kappa shape index (κ1) is 13.9. The van der Waals surface area contributed by atoms with Gasteiger partial charge in [0.05, 0.1) is 24.6 Å². The number of ether oxygens (including phenoxy) is 1. The van der Waals surface area contributed by atoms with Crippen molar-refractivity contribution < 1.29 is 14.5 Å². The molecule has 2 N–H and O–H groups in total. The van der Waals surface area contributed by atoms with Crippen molar-refractivity contribution in [1.82, 2.24) is 5.32 Å². The smallest absolute Gasteiger partial charge is 0.296 e. The normalized spacial score (nSPS) is 9.89. The molecule has 0 saturated carbocycles. The van der Waals surface area contributed by atoms with Crippen LogP contribution in [0, 0.1) is 10.1 Å². The van der Waals surface area contributed by atoms with E-state index in [1.165, 1.54) is 19.2 Å². The number of anilines is 1. The van der Waals surface area contributed by atoms with E-state index in [1.54, 1.807) is 6.07 Å². The summed E-state index contributed by atoms with van der Waals surface area (Å²) in [6.07, 6.45) is 0. The average molecular weight is 253 g/mol. The van der Waals surface area contributed by atoms with E-state index in [-0.39, 0.29) is 23.8 Å². The SMILES string of the molecule is CCNCC(=O)Nc1ccc(OC)cc1[N+](=O)[O-]. The number of carbonyl (C=O) groups excluding carboxylic acids is 1. The zero-order chi connectivity index (χ0) is 13.5. The van der Waals surface area contributed by atoms with Gasteiger partial charge in [-0.25, -0.2) is 0 Å². The van der Waals surface area contributed by atoms with Crippen LogP contribution in [0.4, 0.5) is 11.4 Å². The van der Waals surface area contributed by atoms with E-state index in [0.29, 0.717) is 12.3 Å². The summed E-state index contributed by atoms with van der Waals surface area (Å²) >= 11 is 0. The maximum absolute atomic E-state index is 11.5. The molecule has 0 aliphatic heterocycles. The fourth-order valence-electron chi connectivity index (χ4n) is 1.33. The van der Waals surface area contributed by atoms with Gasteiger partial charge in [0.15, 0.2) is 0 Å². The summed E-state index contributed by atoms with van der Waals surface area (Å²) in [6, 6.07) is 4.26. The molecule has 7 heteroatoms. The Kier molecular flexibility index (Phi) is 5.06. The molecule has 0 fully saturated rings. The third kappa shape index (κ3) is 3.70. The number of carbonyl (C=O) groups is 1. The van der Waals surface area contributed by atoms with Gasteiger partial charge in [0.2, 0.25) is 5.91 Å². The van der Waals surface area contributed by atoms with E-state index >= 15 is 0 Å². The fourth-order valence-corrected chi connectivity index (χ4v) is 1.33. The molecule has 18 heavy (non-hydrogen) atoms. The zero-order valence-electron chi connectivity index (χ0n) is 10.2. The Labute approximate surface area is 104 Å². The van der Waals surface area contributed by atoms with Crippen LogP contribution in [0.15, 0.2) is 18.2 Å². The van der Waals surface area contributed by atoms with E-state index in [1.807, 2.05) is 6.92 Å². The Morgan fingerprint density at radius 1 is 1.50 bits per heavy atom. The molecule has 7 nitrogen and oxygen atoms in total. The molecule has 0 saturated heterocycles. The number of rotatable bonds is 6. The van der Waals surface area contributed by atoms with Gasteiger partial charge in [-0.2, -0.15) is 0 Å². The van der Waals surface area contributed by atoms with E-state index < -0.39 is 4.92 Å². The van der Waals surface area contributed by atoms with Crippen LogP contribution in [0.3, 0.4) is 0 Å². The summed E-state index contributed by atoms with van der Waals surface area (Å²) in [5.74, 6) is 0.0384. The maximum Gasteiger partial charge on any atom is 0.296 e. The highest BCUT2D eigenvalue weighted by Gasteiger charge is 2.16. The minimum atomic E-state index is -0.564. The first-order valence-corrected chi connectivity index (χ1v) is 5.41. The summed E-state index contributed by atoms with van der Waals surface area (Å²) in [6.45, 7) is 2.63. The molecule has 0 aromatic heterocycles. The maximum atomic E-state index is 11.5. The van der Waals surface area contributed by atoms with Gasteiger partial charge in [0.25, 0.3) is 5.69 Å². The minimum absolute atomic E-state index is 0.111. The third-order valence-electron chi connectivity index (χ3n) is 2.21. The highest BCUT2D eigenvalue weighted by Crippen LogP contribution is 2.28. The third-order valence-corrected chi connectivity index (χ3v) is 2.21. The highest BCUT2D eigenvalue weighted by atomic mass is 16.6. The number of nitrogens with zero attached hydrogens (tertiary/aromatic N) is 1. The summed E-state index contributed by atoms with van der Waals surface area (Å²) < 4.78 is 4.90. The van der Waals surface area contributed by atoms with Gasteiger partial charge in [0, 0.05) is 0 Å². The number of hydrogen-bond donors (Lipinski definition) is 2. The molecule has 98 valence electrons. The van der Waals surface area contributed by atoms with Crippen molar-refractivity contribution in [3.8, 4) is 5.75 Å². The van der Waals surface area contributed by atoms with E-state index in [4.69, 9.17) is 4.74 Å². The van der Waals surface area contributed by atoms with Crippen molar-refractivity contribution in [3.63, 3.8) is 0 Å². The van der Waals surface area contributed by atoms with Gasteiger partial charge in [-0.3, -0.25) is 14.9 Å². The van der Waals surface area contributed by atoms with Gasteiger partial charge in [0.1, 0.15) is 11.4 Å². The van der Waals surface area contributed by atoms with Gasteiger partial charge in [-0.1, -0.05) is 6.92 Å². The number of nitro groups is 1. The van der Waals surface area contributed by atoms with E-state index in [0.717, 1.165) is 0 Å². The molecule has 0 atom stereocenters.